The summed E-state index contributed by atoms with van der Waals surface area (Å²) in [4.78, 5) is 19.6. The van der Waals surface area contributed by atoms with Crippen LogP contribution in [0.4, 0.5) is 9.80 Å². The number of hydrogen-bond donors (Lipinski definition) is 1. The Morgan fingerprint density at radius 3 is 2.60 bits per heavy atom. The van der Waals surface area contributed by atoms with Crippen molar-refractivity contribution in [3.63, 3.8) is 0 Å². The number of anilines is 1. The molecular weight excluding hydrogens is 392 g/mol. The molecule has 0 radical (unpaired) electrons. The third-order valence-corrected chi connectivity index (χ3v) is 5.78. The molecule has 0 saturated carbocycles. The van der Waals surface area contributed by atoms with Crippen molar-refractivity contribution in [1.29, 1.82) is 5.26 Å². The minimum Gasteiger partial charge on any atom is -0.334 e. The number of amides is 2. The van der Waals surface area contributed by atoms with E-state index in [9.17, 15) is 10.1 Å². The first-order valence-electron chi connectivity index (χ1n) is 10.0. The average molecular weight is 419 g/mol. The van der Waals surface area contributed by atoms with Gasteiger partial charge in [-0.3, -0.25) is 4.90 Å². The Bertz CT molecular complexity index is 1040. The van der Waals surface area contributed by atoms with Gasteiger partial charge in [-0.2, -0.15) is 5.26 Å². The van der Waals surface area contributed by atoms with Crippen molar-refractivity contribution in [3.8, 4) is 6.07 Å². The summed E-state index contributed by atoms with van der Waals surface area (Å²) in [6.07, 6.45) is 0.884. The maximum atomic E-state index is 13.2. The zero-order valence-electron chi connectivity index (χ0n) is 17.6. The molecule has 0 spiro atoms. The summed E-state index contributed by atoms with van der Waals surface area (Å²) in [6, 6.07) is 19.2. The quantitative estimate of drug-likeness (QED) is 0.555. The van der Waals surface area contributed by atoms with Crippen LogP contribution in [0, 0.1) is 24.2 Å². The number of hydrogen-bond acceptors (Lipinski definition) is 4. The van der Waals surface area contributed by atoms with Gasteiger partial charge in [0.05, 0.1) is 28.9 Å². The minimum atomic E-state index is -0.177. The van der Waals surface area contributed by atoms with Crippen LogP contribution >= 0.6 is 11.3 Å². The molecule has 3 aromatic rings. The number of rotatable bonds is 7. The Hall–Kier alpha value is -3.17. The monoisotopic (exact) mass is 418 g/mol. The van der Waals surface area contributed by atoms with Gasteiger partial charge in [0.1, 0.15) is 5.00 Å². The van der Waals surface area contributed by atoms with Crippen LogP contribution in [0.1, 0.15) is 41.2 Å². The van der Waals surface area contributed by atoms with Gasteiger partial charge in [0.25, 0.3) is 0 Å². The van der Waals surface area contributed by atoms with Gasteiger partial charge in [-0.15, -0.1) is 11.3 Å². The number of nitrogens with one attached hydrogen (secondary N) is 1. The highest BCUT2D eigenvalue weighted by Gasteiger charge is 2.22. The normalized spacial score (nSPS) is 10.6. The molecule has 2 aromatic carbocycles. The number of aromatic nitrogens is 1. The third-order valence-electron chi connectivity index (χ3n) is 4.57. The molecule has 2 amide bonds. The fourth-order valence-electron chi connectivity index (χ4n) is 3.16. The Morgan fingerprint density at radius 1 is 1.17 bits per heavy atom. The van der Waals surface area contributed by atoms with E-state index in [1.807, 2.05) is 55.5 Å². The molecule has 154 valence electrons. The zero-order valence-corrected chi connectivity index (χ0v) is 18.4. The lowest BCUT2D eigenvalue weighted by atomic mass is 10.1. The van der Waals surface area contributed by atoms with Crippen LogP contribution in [-0.4, -0.2) is 11.0 Å². The molecule has 1 heterocycles. The summed E-state index contributed by atoms with van der Waals surface area (Å²) in [6.45, 7) is 7.09. The molecule has 5 nitrogen and oxygen atoms in total. The molecule has 0 saturated heterocycles. The van der Waals surface area contributed by atoms with Gasteiger partial charge >= 0.3 is 6.03 Å². The number of nitriles is 1. The maximum Gasteiger partial charge on any atom is 0.323 e. The van der Waals surface area contributed by atoms with E-state index < -0.39 is 0 Å². The summed E-state index contributed by atoms with van der Waals surface area (Å²) < 4.78 is 0. The Morgan fingerprint density at radius 2 is 1.90 bits per heavy atom. The highest BCUT2D eigenvalue weighted by atomic mass is 32.1. The molecular formula is C24H26N4OS. The lowest BCUT2D eigenvalue weighted by Gasteiger charge is -2.22. The van der Waals surface area contributed by atoms with Crippen molar-refractivity contribution in [2.75, 3.05) is 4.90 Å². The van der Waals surface area contributed by atoms with Crippen molar-refractivity contribution in [2.24, 2.45) is 5.92 Å². The second kappa shape index (κ2) is 10.0. The predicted molar refractivity (Wildman–Crippen MR) is 121 cm³/mol. The molecule has 1 N–H and O–H groups in total. The van der Waals surface area contributed by atoms with E-state index in [4.69, 9.17) is 4.98 Å². The molecule has 0 unspecified atom stereocenters. The number of urea groups is 1. The predicted octanol–water partition coefficient (Wildman–Crippen LogP) is 5.44. The van der Waals surface area contributed by atoms with Gasteiger partial charge in [0.15, 0.2) is 0 Å². The van der Waals surface area contributed by atoms with Gasteiger partial charge in [0, 0.05) is 13.0 Å². The van der Waals surface area contributed by atoms with Gasteiger partial charge in [-0.25, -0.2) is 9.78 Å². The summed E-state index contributed by atoms with van der Waals surface area (Å²) in [5, 5.41) is 14.1. The molecule has 0 aliphatic carbocycles. The second-order valence-corrected chi connectivity index (χ2v) is 8.70. The Balaban J connectivity index is 1.86. The van der Waals surface area contributed by atoms with Gasteiger partial charge in [0.2, 0.25) is 0 Å². The number of nitrogens with zero attached hydrogens (tertiary/aromatic N) is 3. The van der Waals surface area contributed by atoms with E-state index in [0.29, 0.717) is 24.6 Å². The molecule has 0 bridgehead atoms. The highest BCUT2D eigenvalue weighted by molar-refractivity contribution is 7.16. The van der Waals surface area contributed by atoms with E-state index in [-0.39, 0.29) is 6.03 Å². The van der Waals surface area contributed by atoms with Crippen LogP contribution in [0.5, 0.6) is 0 Å². The smallest absolute Gasteiger partial charge is 0.323 e. The van der Waals surface area contributed by atoms with Crippen LogP contribution in [0.3, 0.4) is 0 Å². The van der Waals surface area contributed by atoms with Crippen LogP contribution < -0.4 is 10.2 Å². The molecule has 6 heteroatoms. The third kappa shape index (κ3) is 5.68. The molecule has 0 aliphatic rings. The Labute approximate surface area is 182 Å². The van der Waals surface area contributed by atoms with Crippen molar-refractivity contribution in [2.45, 2.75) is 40.3 Å². The topological polar surface area (TPSA) is 69.0 Å². The molecule has 30 heavy (non-hydrogen) atoms. The summed E-state index contributed by atoms with van der Waals surface area (Å²) in [5.74, 6) is 0.496. The van der Waals surface area contributed by atoms with Crippen LogP contribution in [0.25, 0.3) is 0 Å². The molecule has 0 fully saturated rings. The fraction of sp³-hybridized carbons (Fsp3) is 0.292. The van der Waals surface area contributed by atoms with E-state index in [0.717, 1.165) is 33.3 Å². The largest absolute Gasteiger partial charge is 0.334 e. The standard InChI is InChI=1S/C24H26N4OS/c1-17(2)12-22-27-18(3)23(30-22)28(16-21-11-7-10-20(13-21)14-25)24(29)26-15-19-8-5-4-6-9-19/h4-11,13,17H,12,15-16H2,1-3H3,(H,26,29). The first-order valence-corrected chi connectivity index (χ1v) is 10.8. The van der Waals surface area contributed by atoms with Crippen LogP contribution in [-0.2, 0) is 19.5 Å². The van der Waals surface area contributed by atoms with Gasteiger partial charge < -0.3 is 5.32 Å². The van der Waals surface area contributed by atoms with E-state index in [2.05, 4.69) is 25.2 Å². The molecule has 0 aliphatic heterocycles. The van der Waals surface area contributed by atoms with Crippen LogP contribution in [0.2, 0.25) is 0 Å². The van der Waals surface area contributed by atoms with Crippen molar-refractivity contribution >= 4 is 22.4 Å². The Kier molecular flexibility index (Phi) is 7.21. The molecule has 1 aromatic heterocycles. The first-order chi connectivity index (χ1) is 14.5. The lowest BCUT2D eigenvalue weighted by Crippen LogP contribution is -2.39. The second-order valence-electron chi connectivity index (χ2n) is 7.64. The lowest BCUT2D eigenvalue weighted by molar-refractivity contribution is 0.245. The number of benzene rings is 2. The number of thiazole rings is 1. The highest BCUT2D eigenvalue weighted by Crippen LogP contribution is 2.31. The summed E-state index contributed by atoms with van der Waals surface area (Å²) in [7, 11) is 0. The SMILES string of the molecule is Cc1nc(CC(C)C)sc1N(Cc1cccc(C#N)c1)C(=O)NCc1ccccc1. The fourth-order valence-corrected chi connectivity index (χ4v) is 4.43. The van der Waals surface area contributed by atoms with E-state index in [1.165, 1.54) is 0 Å². The number of carbonyl (C=O) groups is 1. The zero-order chi connectivity index (χ0) is 21.5. The molecule has 0 atom stereocenters. The minimum absolute atomic E-state index is 0.177. The number of carbonyl (C=O) groups excluding carboxylic acids is 1. The summed E-state index contributed by atoms with van der Waals surface area (Å²) >= 11 is 1.56. The van der Waals surface area contributed by atoms with Crippen molar-refractivity contribution in [3.05, 3.63) is 82.0 Å². The first kappa shape index (κ1) is 21.5. The van der Waals surface area contributed by atoms with Crippen molar-refractivity contribution in [1.82, 2.24) is 10.3 Å². The van der Waals surface area contributed by atoms with Gasteiger partial charge in [-0.1, -0.05) is 56.3 Å². The average Bonchev–Trinajstić information content (AvgIpc) is 3.10. The van der Waals surface area contributed by atoms with E-state index >= 15 is 0 Å². The number of aryl methyl sites for hydroxylation is 1. The van der Waals surface area contributed by atoms with Crippen LogP contribution in [0.15, 0.2) is 54.6 Å². The van der Waals surface area contributed by atoms with E-state index in [1.54, 1.807) is 22.3 Å². The van der Waals surface area contributed by atoms with Crippen molar-refractivity contribution < 1.29 is 4.79 Å². The summed E-state index contributed by atoms with van der Waals surface area (Å²) in [5.41, 5.74) is 3.38. The van der Waals surface area contributed by atoms with Gasteiger partial charge in [-0.05, 0) is 36.1 Å². The maximum absolute atomic E-state index is 13.2. The molecule has 3 rings (SSSR count).